The number of aromatic nitrogens is 2. The summed E-state index contributed by atoms with van der Waals surface area (Å²) in [6, 6.07) is 9.74. The summed E-state index contributed by atoms with van der Waals surface area (Å²) in [4.78, 5) is 19.0. The van der Waals surface area contributed by atoms with Gasteiger partial charge in [0.05, 0.1) is 17.9 Å². The SMILES string of the molecule is Cn1cccc1C(=O)NC[C@@H]1C[C@H]2CN(Cc3ccccn3)C[C@H]2O1. The zero-order valence-electron chi connectivity index (χ0n) is 14.5. The molecule has 0 unspecified atom stereocenters. The van der Waals surface area contributed by atoms with Gasteiger partial charge in [-0.3, -0.25) is 14.7 Å². The Kier molecular flexibility index (Phi) is 4.55. The van der Waals surface area contributed by atoms with Crippen molar-refractivity contribution >= 4 is 5.91 Å². The molecule has 2 aromatic heterocycles. The second kappa shape index (κ2) is 6.98. The van der Waals surface area contributed by atoms with E-state index in [2.05, 4.69) is 21.3 Å². The van der Waals surface area contributed by atoms with E-state index < -0.39 is 0 Å². The maximum Gasteiger partial charge on any atom is 0.267 e. The molecule has 2 aliphatic heterocycles. The molecule has 0 spiro atoms. The molecule has 0 aromatic carbocycles. The molecular formula is C19H24N4O2. The first-order chi connectivity index (χ1) is 12.2. The van der Waals surface area contributed by atoms with Gasteiger partial charge in [-0.05, 0) is 30.7 Å². The van der Waals surface area contributed by atoms with Crippen molar-refractivity contribution in [1.82, 2.24) is 19.8 Å². The average molecular weight is 340 g/mol. The standard InChI is InChI=1S/C19H24N4O2/c1-22-8-4-6-17(22)19(24)21-10-16-9-14-11-23(13-18(14)25-16)12-15-5-2-3-7-20-15/h2-8,14,16,18H,9-13H2,1H3,(H,21,24)/t14-,16-,18+/m0/s1. The van der Waals surface area contributed by atoms with Gasteiger partial charge in [-0.25, -0.2) is 0 Å². The fraction of sp³-hybridized carbons (Fsp3) is 0.474. The summed E-state index contributed by atoms with van der Waals surface area (Å²) in [5, 5.41) is 3.00. The van der Waals surface area contributed by atoms with E-state index in [1.54, 1.807) is 0 Å². The minimum Gasteiger partial charge on any atom is -0.371 e. The Hall–Kier alpha value is -2.18. The first-order valence-electron chi connectivity index (χ1n) is 8.86. The highest BCUT2D eigenvalue weighted by Gasteiger charge is 2.41. The first-order valence-corrected chi connectivity index (χ1v) is 8.86. The summed E-state index contributed by atoms with van der Waals surface area (Å²) < 4.78 is 8.00. The Balaban J connectivity index is 1.24. The van der Waals surface area contributed by atoms with Crippen molar-refractivity contribution in [2.75, 3.05) is 19.6 Å². The van der Waals surface area contributed by atoms with Gasteiger partial charge in [0, 0.05) is 51.5 Å². The maximum absolute atomic E-state index is 12.2. The molecule has 4 rings (SSSR count). The number of nitrogens with one attached hydrogen (secondary N) is 1. The number of carbonyl (C=O) groups is 1. The molecule has 25 heavy (non-hydrogen) atoms. The molecule has 1 N–H and O–H groups in total. The van der Waals surface area contributed by atoms with Crippen LogP contribution in [0.25, 0.3) is 0 Å². The fourth-order valence-corrected chi connectivity index (χ4v) is 3.92. The van der Waals surface area contributed by atoms with Crippen molar-refractivity contribution in [3.05, 3.63) is 54.1 Å². The summed E-state index contributed by atoms with van der Waals surface area (Å²) in [6.45, 7) is 3.45. The molecule has 2 saturated heterocycles. The quantitative estimate of drug-likeness (QED) is 0.895. The fourth-order valence-electron chi connectivity index (χ4n) is 3.92. The molecule has 0 aliphatic carbocycles. The Morgan fingerprint density at radius 3 is 2.96 bits per heavy atom. The zero-order valence-corrected chi connectivity index (χ0v) is 14.5. The summed E-state index contributed by atoms with van der Waals surface area (Å²) in [6.07, 6.45) is 5.13. The van der Waals surface area contributed by atoms with Crippen LogP contribution in [0.1, 0.15) is 22.6 Å². The number of hydrogen-bond acceptors (Lipinski definition) is 4. The highest BCUT2D eigenvalue weighted by Crippen LogP contribution is 2.33. The van der Waals surface area contributed by atoms with Crippen LogP contribution in [0, 0.1) is 5.92 Å². The van der Waals surface area contributed by atoms with E-state index in [1.165, 1.54) is 0 Å². The molecule has 0 saturated carbocycles. The van der Waals surface area contributed by atoms with Crippen LogP contribution in [-0.2, 0) is 18.3 Å². The van der Waals surface area contributed by atoms with E-state index >= 15 is 0 Å². The third kappa shape index (κ3) is 3.60. The number of amides is 1. The molecule has 3 atom stereocenters. The Bertz CT molecular complexity index is 716. The van der Waals surface area contributed by atoms with Crippen LogP contribution in [0.5, 0.6) is 0 Å². The van der Waals surface area contributed by atoms with Gasteiger partial charge in [-0.2, -0.15) is 0 Å². The number of nitrogens with zero attached hydrogens (tertiary/aromatic N) is 3. The predicted molar refractivity (Wildman–Crippen MR) is 94.0 cm³/mol. The van der Waals surface area contributed by atoms with Crippen LogP contribution in [0.3, 0.4) is 0 Å². The number of likely N-dealkylation sites (tertiary alicyclic amines) is 1. The van der Waals surface area contributed by atoms with Crippen molar-refractivity contribution < 1.29 is 9.53 Å². The average Bonchev–Trinajstić information content (AvgIpc) is 3.28. The van der Waals surface area contributed by atoms with Crippen LogP contribution in [0.2, 0.25) is 0 Å². The van der Waals surface area contributed by atoms with Crippen molar-refractivity contribution in [2.24, 2.45) is 13.0 Å². The monoisotopic (exact) mass is 340 g/mol. The van der Waals surface area contributed by atoms with Crippen molar-refractivity contribution in [2.45, 2.75) is 25.2 Å². The summed E-state index contributed by atoms with van der Waals surface area (Å²) in [7, 11) is 1.88. The third-order valence-electron chi connectivity index (χ3n) is 5.17. The van der Waals surface area contributed by atoms with E-state index in [-0.39, 0.29) is 18.1 Å². The second-order valence-electron chi connectivity index (χ2n) is 7.02. The summed E-state index contributed by atoms with van der Waals surface area (Å²) in [5.74, 6) is 0.519. The molecule has 2 fully saturated rings. The number of fused-ring (bicyclic) bond motifs is 1. The smallest absolute Gasteiger partial charge is 0.267 e. The number of rotatable bonds is 5. The third-order valence-corrected chi connectivity index (χ3v) is 5.17. The number of aryl methyl sites for hydroxylation is 1. The molecule has 2 aliphatic rings. The topological polar surface area (TPSA) is 59.4 Å². The Morgan fingerprint density at radius 1 is 1.32 bits per heavy atom. The molecule has 132 valence electrons. The van der Waals surface area contributed by atoms with Gasteiger partial charge in [-0.15, -0.1) is 0 Å². The van der Waals surface area contributed by atoms with Gasteiger partial charge < -0.3 is 14.6 Å². The van der Waals surface area contributed by atoms with Gasteiger partial charge in [0.2, 0.25) is 0 Å². The van der Waals surface area contributed by atoms with Gasteiger partial charge in [0.25, 0.3) is 5.91 Å². The minimum absolute atomic E-state index is 0.0371. The molecule has 0 bridgehead atoms. The van der Waals surface area contributed by atoms with Crippen molar-refractivity contribution in [3.63, 3.8) is 0 Å². The minimum atomic E-state index is -0.0371. The first kappa shape index (κ1) is 16.3. The Labute approximate surface area is 147 Å². The Morgan fingerprint density at radius 2 is 2.24 bits per heavy atom. The van der Waals surface area contributed by atoms with Gasteiger partial charge in [0.1, 0.15) is 5.69 Å². The van der Waals surface area contributed by atoms with Crippen LogP contribution in [0.15, 0.2) is 42.7 Å². The highest BCUT2D eigenvalue weighted by atomic mass is 16.5. The predicted octanol–water partition coefficient (Wildman–Crippen LogP) is 1.44. The van der Waals surface area contributed by atoms with E-state index in [4.69, 9.17) is 4.74 Å². The summed E-state index contributed by atoms with van der Waals surface area (Å²) >= 11 is 0. The van der Waals surface area contributed by atoms with Crippen LogP contribution in [-0.4, -0.2) is 52.2 Å². The molecule has 1 amide bonds. The molecular weight excluding hydrogens is 316 g/mol. The lowest BCUT2D eigenvalue weighted by atomic mass is 10.0. The van der Waals surface area contributed by atoms with Crippen molar-refractivity contribution in [3.8, 4) is 0 Å². The number of pyridine rings is 1. The lowest BCUT2D eigenvalue weighted by molar-refractivity contribution is 0.0370. The largest absolute Gasteiger partial charge is 0.371 e. The van der Waals surface area contributed by atoms with E-state index in [1.807, 2.05) is 48.3 Å². The molecule has 6 nitrogen and oxygen atoms in total. The van der Waals surface area contributed by atoms with E-state index in [9.17, 15) is 4.79 Å². The molecule has 4 heterocycles. The number of ether oxygens (including phenoxy) is 1. The van der Waals surface area contributed by atoms with Crippen LogP contribution >= 0.6 is 0 Å². The second-order valence-corrected chi connectivity index (χ2v) is 7.02. The van der Waals surface area contributed by atoms with Gasteiger partial charge >= 0.3 is 0 Å². The lowest BCUT2D eigenvalue weighted by Gasteiger charge is -2.19. The van der Waals surface area contributed by atoms with Gasteiger partial charge in [0.15, 0.2) is 0 Å². The van der Waals surface area contributed by atoms with Crippen LogP contribution < -0.4 is 5.32 Å². The lowest BCUT2D eigenvalue weighted by Crippen LogP contribution is -2.34. The number of hydrogen-bond donors (Lipinski definition) is 1. The maximum atomic E-state index is 12.2. The molecule has 0 radical (unpaired) electrons. The number of carbonyl (C=O) groups excluding carboxylic acids is 1. The van der Waals surface area contributed by atoms with Gasteiger partial charge in [-0.1, -0.05) is 6.07 Å². The van der Waals surface area contributed by atoms with Crippen LogP contribution in [0.4, 0.5) is 0 Å². The van der Waals surface area contributed by atoms with E-state index in [0.29, 0.717) is 18.2 Å². The van der Waals surface area contributed by atoms with Crippen molar-refractivity contribution in [1.29, 1.82) is 0 Å². The summed E-state index contributed by atoms with van der Waals surface area (Å²) in [5.41, 5.74) is 1.79. The molecule has 6 heteroatoms. The molecule has 2 aromatic rings. The van der Waals surface area contributed by atoms with E-state index in [0.717, 1.165) is 31.7 Å². The normalized spacial score (nSPS) is 25.9. The highest BCUT2D eigenvalue weighted by molar-refractivity contribution is 5.92. The zero-order chi connectivity index (χ0) is 17.2.